The first-order valence-corrected chi connectivity index (χ1v) is 7.67. The van der Waals surface area contributed by atoms with E-state index in [1.165, 1.54) is 0 Å². The van der Waals surface area contributed by atoms with Gasteiger partial charge in [-0.05, 0) is 17.7 Å². The Bertz CT molecular complexity index is 850. The van der Waals surface area contributed by atoms with Crippen LogP contribution in [0.4, 0.5) is 0 Å². The number of fused-ring (bicyclic) bond motifs is 1. The number of benzene rings is 2. The second kappa shape index (κ2) is 7.10. The van der Waals surface area contributed by atoms with Gasteiger partial charge in [0.25, 0.3) is 0 Å². The number of aliphatic carboxylic acids is 1. The Labute approximate surface area is 139 Å². The highest BCUT2D eigenvalue weighted by Crippen LogP contribution is 2.25. The summed E-state index contributed by atoms with van der Waals surface area (Å²) < 4.78 is 5.90. The van der Waals surface area contributed by atoms with Gasteiger partial charge in [0.15, 0.2) is 0 Å². The van der Waals surface area contributed by atoms with E-state index < -0.39 is 12.0 Å². The van der Waals surface area contributed by atoms with Crippen molar-refractivity contribution >= 4 is 16.9 Å². The molecule has 0 saturated carbocycles. The van der Waals surface area contributed by atoms with Gasteiger partial charge in [-0.3, -0.25) is 4.79 Å². The first-order valence-electron chi connectivity index (χ1n) is 7.67. The molecular formula is C19H18N2O3. The largest absolute Gasteiger partial charge is 0.487 e. The van der Waals surface area contributed by atoms with E-state index in [0.29, 0.717) is 23.6 Å². The minimum Gasteiger partial charge on any atom is -0.487 e. The highest BCUT2D eigenvalue weighted by atomic mass is 16.5. The molecule has 0 spiro atoms. The van der Waals surface area contributed by atoms with E-state index in [0.717, 1.165) is 10.9 Å². The topological polar surface area (TPSA) is 85.4 Å². The molecule has 3 N–H and O–H groups in total. The number of carbonyl (C=O) groups is 1. The molecule has 0 aliphatic rings. The Morgan fingerprint density at radius 1 is 1.08 bits per heavy atom. The third kappa shape index (κ3) is 3.70. The number of hydrogen-bond donors (Lipinski definition) is 2. The highest BCUT2D eigenvalue weighted by Gasteiger charge is 2.14. The molecule has 122 valence electrons. The van der Waals surface area contributed by atoms with Crippen LogP contribution in [0.5, 0.6) is 5.75 Å². The highest BCUT2D eigenvalue weighted by molar-refractivity contribution is 5.84. The van der Waals surface area contributed by atoms with Gasteiger partial charge in [0.1, 0.15) is 23.9 Å². The van der Waals surface area contributed by atoms with Crippen LogP contribution in [0.25, 0.3) is 10.9 Å². The van der Waals surface area contributed by atoms with E-state index in [1.54, 1.807) is 6.07 Å². The molecule has 5 heteroatoms. The Kier molecular flexibility index (Phi) is 4.72. The molecule has 5 nitrogen and oxygen atoms in total. The number of ether oxygens (including phenoxy) is 1. The zero-order valence-corrected chi connectivity index (χ0v) is 13.1. The lowest BCUT2D eigenvalue weighted by atomic mass is 10.1. The maximum Gasteiger partial charge on any atom is 0.320 e. The van der Waals surface area contributed by atoms with Crippen molar-refractivity contribution < 1.29 is 14.6 Å². The number of pyridine rings is 1. The number of nitrogens with zero attached hydrogens (tertiary/aromatic N) is 1. The molecule has 0 radical (unpaired) electrons. The van der Waals surface area contributed by atoms with E-state index in [1.807, 2.05) is 54.6 Å². The number of carboxylic acid groups (broad SMARTS) is 1. The zero-order valence-electron chi connectivity index (χ0n) is 13.1. The van der Waals surface area contributed by atoms with Crippen molar-refractivity contribution in [3.63, 3.8) is 0 Å². The zero-order chi connectivity index (χ0) is 16.9. The molecule has 1 unspecified atom stereocenters. The van der Waals surface area contributed by atoms with Gasteiger partial charge < -0.3 is 15.6 Å². The molecule has 24 heavy (non-hydrogen) atoms. The Morgan fingerprint density at radius 3 is 2.62 bits per heavy atom. The molecule has 0 aliphatic carbocycles. The van der Waals surface area contributed by atoms with Gasteiger partial charge in [0, 0.05) is 17.5 Å². The number of para-hydroxylation sites is 1. The van der Waals surface area contributed by atoms with Gasteiger partial charge in [0.2, 0.25) is 0 Å². The van der Waals surface area contributed by atoms with Crippen LogP contribution in [0.3, 0.4) is 0 Å². The van der Waals surface area contributed by atoms with Crippen molar-refractivity contribution in [3.8, 4) is 5.75 Å². The smallest absolute Gasteiger partial charge is 0.320 e. The lowest BCUT2D eigenvalue weighted by Gasteiger charge is -2.11. The lowest BCUT2D eigenvalue weighted by Crippen LogP contribution is -2.32. The summed E-state index contributed by atoms with van der Waals surface area (Å²) in [4.78, 5) is 15.5. The number of rotatable bonds is 6. The molecule has 3 aromatic rings. The summed E-state index contributed by atoms with van der Waals surface area (Å²) in [6, 6.07) is 18.3. The monoisotopic (exact) mass is 322 g/mol. The summed E-state index contributed by atoms with van der Waals surface area (Å²) in [5, 5.41) is 9.88. The van der Waals surface area contributed by atoms with Crippen molar-refractivity contribution in [2.75, 3.05) is 0 Å². The molecule has 3 rings (SSSR count). The Hall–Kier alpha value is -2.92. The van der Waals surface area contributed by atoms with Crippen LogP contribution in [-0.4, -0.2) is 22.1 Å². The van der Waals surface area contributed by atoms with Gasteiger partial charge in [-0.15, -0.1) is 0 Å². The maximum absolute atomic E-state index is 10.9. The first-order chi connectivity index (χ1) is 11.6. The van der Waals surface area contributed by atoms with Gasteiger partial charge in [-0.1, -0.05) is 48.5 Å². The summed E-state index contributed by atoms with van der Waals surface area (Å²) in [7, 11) is 0. The third-order valence-electron chi connectivity index (χ3n) is 3.72. The lowest BCUT2D eigenvalue weighted by molar-refractivity contribution is -0.138. The second-order valence-electron chi connectivity index (χ2n) is 5.55. The van der Waals surface area contributed by atoms with Gasteiger partial charge in [-0.2, -0.15) is 0 Å². The van der Waals surface area contributed by atoms with Crippen molar-refractivity contribution in [2.24, 2.45) is 5.73 Å². The molecule has 1 heterocycles. The fraction of sp³-hybridized carbons (Fsp3) is 0.158. The molecule has 0 aliphatic heterocycles. The van der Waals surface area contributed by atoms with Crippen LogP contribution in [0, 0.1) is 0 Å². The average Bonchev–Trinajstić information content (AvgIpc) is 2.60. The van der Waals surface area contributed by atoms with E-state index in [2.05, 4.69) is 4.98 Å². The molecule has 1 aromatic heterocycles. The number of hydrogen-bond acceptors (Lipinski definition) is 4. The van der Waals surface area contributed by atoms with Crippen LogP contribution in [0.2, 0.25) is 0 Å². The molecule has 0 bridgehead atoms. The average molecular weight is 322 g/mol. The predicted molar refractivity (Wildman–Crippen MR) is 91.8 cm³/mol. The Balaban J connectivity index is 1.85. The third-order valence-corrected chi connectivity index (χ3v) is 3.72. The molecule has 2 aromatic carbocycles. The van der Waals surface area contributed by atoms with Crippen LogP contribution >= 0.6 is 0 Å². The summed E-state index contributed by atoms with van der Waals surface area (Å²) in [5.41, 5.74) is 8.01. The normalized spacial score (nSPS) is 12.0. The summed E-state index contributed by atoms with van der Waals surface area (Å²) >= 11 is 0. The quantitative estimate of drug-likeness (QED) is 0.729. The van der Waals surface area contributed by atoms with Crippen LogP contribution in [0.1, 0.15) is 11.3 Å². The van der Waals surface area contributed by atoms with E-state index in [-0.39, 0.29) is 6.42 Å². The summed E-state index contributed by atoms with van der Waals surface area (Å²) in [6.07, 6.45) is 0.179. The van der Waals surface area contributed by atoms with Gasteiger partial charge in [-0.25, -0.2) is 4.98 Å². The summed E-state index contributed by atoms with van der Waals surface area (Å²) in [5.74, 6) is -0.368. The second-order valence-corrected chi connectivity index (χ2v) is 5.55. The summed E-state index contributed by atoms with van der Waals surface area (Å²) in [6.45, 7) is 0.445. The Morgan fingerprint density at radius 2 is 1.88 bits per heavy atom. The van der Waals surface area contributed by atoms with E-state index in [4.69, 9.17) is 15.6 Å². The minimum atomic E-state index is -1.04. The van der Waals surface area contributed by atoms with Crippen molar-refractivity contribution in [1.29, 1.82) is 0 Å². The van der Waals surface area contributed by atoms with Crippen molar-refractivity contribution in [3.05, 3.63) is 71.9 Å². The fourth-order valence-electron chi connectivity index (χ4n) is 2.44. The number of carboxylic acids is 1. The predicted octanol–water partition coefficient (Wildman–Crippen LogP) is 2.77. The molecule has 0 amide bonds. The van der Waals surface area contributed by atoms with Crippen LogP contribution < -0.4 is 10.5 Å². The van der Waals surface area contributed by atoms with Crippen molar-refractivity contribution in [2.45, 2.75) is 19.1 Å². The number of aromatic nitrogens is 1. The van der Waals surface area contributed by atoms with E-state index in [9.17, 15) is 4.79 Å². The minimum absolute atomic E-state index is 0.179. The standard InChI is InChI=1S/C19H18N2O3/c20-16(19(22)23)11-15-10-9-14-7-4-8-17(18(14)21-15)24-12-13-5-2-1-3-6-13/h1-10,16H,11-12,20H2,(H,22,23). The maximum atomic E-state index is 10.9. The fourth-order valence-corrected chi connectivity index (χ4v) is 2.44. The first kappa shape index (κ1) is 16.0. The molecule has 0 saturated heterocycles. The van der Waals surface area contributed by atoms with Crippen LogP contribution in [0.15, 0.2) is 60.7 Å². The molecule has 0 fully saturated rings. The van der Waals surface area contributed by atoms with Gasteiger partial charge in [0.05, 0.1) is 0 Å². The van der Waals surface area contributed by atoms with Crippen molar-refractivity contribution in [1.82, 2.24) is 4.98 Å². The van der Waals surface area contributed by atoms with E-state index >= 15 is 0 Å². The number of nitrogens with two attached hydrogens (primary N) is 1. The van der Waals surface area contributed by atoms with Gasteiger partial charge >= 0.3 is 5.97 Å². The SMILES string of the molecule is NC(Cc1ccc2cccc(OCc3ccccc3)c2n1)C(=O)O. The molecular weight excluding hydrogens is 304 g/mol. The molecule has 1 atom stereocenters. The van der Waals surface area contributed by atoms with Crippen LogP contribution in [-0.2, 0) is 17.8 Å².